The first-order chi connectivity index (χ1) is 14.2. The molecule has 0 bridgehead atoms. The van der Waals surface area contributed by atoms with Gasteiger partial charge in [0.1, 0.15) is 18.1 Å². The zero-order valence-electron chi connectivity index (χ0n) is 17.3. The van der Waals surface area contributed by atoms with E-state index in [0.29, 0.717) is 34.1 Å². The first kappa shape index (κ1) is 20.3. The highest BCUT2D eigenvalue weighted by atomic mass is 16.3. The van der Waals surface area contributed by atoms with Crippen molar-refractivity contribution in [1.82, 2.24) is 9.97 Å². The van der Waals surface area contributed by atoms with Gasteiger partial charge in [0.05, 0.1) is 11.3 Å². The van der Waals surface area contributed by atoms with Crippen molar-refractivity contribution in [3.05, 3.63) is 41.4 Å². The maximum Gasteiger partial charge on any atom is 0.277 e. The van der Waals surface area contributed by atoms with E-state index in [0.717, 1.165) is 32.0 Å². The monoisotopic (exact) mass is 411 g/mol. The van der Waals surface area contributed by atoms with Gasteiger partial charge in [0.25, 0.3) is 5.91 Å². The van der Waals surface area contributed by atoms with Crippen molar-refractivity contribution in [3.63, 3.8) is 0 Å². The van der Waals surface area contributed by atoms with Crippen molar-refractivity contribution >= 4 is 29.0 Å². The van der Waals surface area contributed by atoms with Crippen molar-refractivity contribution in [1.29, 1.82) is 0 Å². The van der Waals surface area contributed by atoms with Gasteiger partial charge in [0.2, 0.25) is 0 Å². The average Bonchev–Trinajstić information content (AvgIpc) is 3.32. The molecule has 1 saturated carbocycles. The summed E-state index contributed by atoms with van der Waals surface area (Å²) in [6.07, 6.45) is 5.69. The van der Waals surface area contributed by atoms with Gasteiger partial charge in [-0.3, -0.25) is 4.79 Å². The van der Waals surface area contributed by atoms with Crippen LogP contribution in [0.15, 0.2) is 27.2 Å². The van der Waals surface area contributed by atoms with Crippen molar-refractivity contribution < 1.29 is 23.5 Å². The highest BCUT2D eigenvalue weighted by Gasteiger charge is 2.28. The molecule has 4 rings (SSSR count). The molecule has 3 aromatic rings. The fraction of sp³-hybridized carbons (Fsp3) is 0.455. The molecule has 0 aliphatic heterocycles. The molecule has 1 amide bonds. The number of hydrogen-bond acceptors (Lipinski definition) is 7. The highest BCUT2D eigenvalue weighted by Crippen LogP contribution is 2.38. The Kier molecular flexibility index (Phi) is 5.19. The molecule has 8 heteroatoms. The van der Waals surface area contributed by atoms with Gasteiger partial charge in [-0.05, 0) is 45.6 Å². The number of anilines is 1. The molecule has 0 spiro atoms. The fourth-order valence-electron chi connectivity index (χ4n) is 3.93. The smallest absolute Gasteiger partial charge is 0.277 e. The second kappa shape index (κ2) is 7.68. The Morgan fingerprint density at radius 1 is 1.23 bits per heavy atom. The van der Waals surface area contributed by atoms with E-state index in [2.05, 4.69) is 15.3 Å². The number of aromatic nitrogens is 2. The van der Waals surface area contributed by atoms with Gasteiger partial charge in [-0.15, -0.1) is 0 Å². The van der Waals surface area contributed by atoms with Crippen molar-refractivity contribution in [2.45, 2.75) is 58.0 Å². The van der Waals surface area contributed by atoms with Crippen molar-refractivity contribution in [2.24, 2.45) is 5.92 Å². The minimum atomic E-state index is -1.21. The lowest BCUT2D eigenvalue weighted by atomic mass is 9.83. The van der Waals surface area contributed by atoms with Gasteiger partial charge in [-0.1, -0.05) is 0 Å². The van der Waals surface area contributed by atoms with Crippen molar-refractivity contribution in [2.75, 3.05) is 5.32 Å². The molecule has 1 aromatic carbocycles. The molecule has 1 fully saturated rings. The number of aliphatic hydroxyl groups is 1. The van der Waals surface area contributed by atoms with E-state index in [1.54, 1.807) is 32.9 Å². The van der Waals surface area contributed by atoms with Crippen LogP contribution in [0.5, 0.6) is 0 Å². The zero-order chi connectivity index (χ0) is 21.5. The van der Waals surface area contributed by atoms with Crippen LogP contribution in [0.3, 0.4) is 0 Å². The summed E-state index contributed by atoms with van der Waals surface area (Å²) in [6.45, 7) is 4.95. The third-order valence-electron chi connectivity index (χ3n) is 5.62. The van der Waals surface area contributed by atoms with Gasteiger partial charge < -0.3 is 24.1 Å². The van der Waals surface area contributed by atoms with Crippen LogP contribution in [-0.4, -0.2) is 27.3 Å². The summed E-state index contributed by atoms with van der Waals surface area (Å²) < 4.78 is 11.1. The molecule has 8 nitrogen and oxygen atoms in total. The minimum Gasteiger partial charge on any atom is -0.448 e. The van der Waals surface area contributed by atoms with Crippen LogP contribution >= 0.6 is 0 Å². The molecule has 2 aromatic heterocycles. The molecule has 158 valence electrons. The third-order valence-corrected chi connectivity index (χ3v) is 5.62. The summed E-state index contributed by atoms with van der Waals surface area (Å²) >= 11 is 0. The normalized spacial score (nSPS) is 19.7. The summed E-state index contributed by atoms with van der Waals surface area (Å²) in [4.78, 5) is 32.2. The molecule has 0 atom stereocenters. The summed E-state index contributed by atoms with van der Waals surface area (Å²) in [6, 6.07) is 3.42. The second-order valence-corrected chi connectivity index (χ2v) is 8.43. The number of carbonyl (C=O) groups is 2. The van der Waals surface area contributed by atoms with Crippen molar-refractivity contribution in [3.8, 4) is 0 Å². The average molecular weight is 411 g/mol. The Hall–Kier alpha value is -3.00. The van der Waals surface area contributed by atoms with Crippen LogP contribution in [0.25, 0.3) is 11.1 Å². The highest BCUT2D eigenvalue weighted by molar-refractivity contribution is 6.04. The zero-order valence-corrected chi connectivity index (χ0v) is 17.3. The Balaban J connectivity index is 1.67. The number of nitrogens with one attached hydrogen (secondary N) is 1. The van der Waals surface area contributed by atoms with Crippen LogP contribution in [0.4, 0.5) is 5.69 Å². The number of oxazole rings is 2. The predicted molar refractivity (Wildman–Crippen MR) is 109 cm³/mol. The van der Waals surface area contributed by atoms with Crippen LogP contribution in [0.2, 0.25) is 0 Å². The standard InChI is InChI=1S/C22H25N3O5/c1-12-23-18(11-29-12)20(27)24-16-9-19-17(8-15(16)22(2,3)28)25-21(30-19)14-6-4-13(10-26)5-7-14/h8-11,13-14,28H,4-7H2,1-3H3,(H,24,27). The fourth-order valence-corrected chi connectivity index (χ4v) is 3.93. The van der Waals surface area contributed by atoms with E-state index >= 15 is 0 Å². The molecular weight excluding hydrogens is 386 g/mol. The van der Waals surface area contributed by atoms with Crippen LogP contribution in [0.1, 0.15) is 73.3 Å². The number of fused-ring (bicyclic) bond motifs is 1. The molecule has 2 heterocycles. The van der Waals surface area contributed by atoms with Gasteiger partial charge in [-0.2, -0.15) is 0 Å². The summed E-state index contributed by atoms with van der Waals surface area (Å²) in [5.41, 5.74) is 1.04. The Bertz CT molecular complexity index is 1080. The number of aldehydes is 1. The summed E-state index contributed by atoms with van der Waals surface area (Å²) in [5, 5.41) is 13.4. The molecule has 1 aliphatic rings. The number of amides is 1. The van der Waals surface area contributed by atoms with E-state index in [9.17, 15) is 14.7 Å². The topological polar surface area (TPSA) is 118 Å². The van der Waals surface area contributed by atoms with Gasteiger partial charge in [0, 0.05) is 30.4 Å². The maximum absolute atomic E-state index is 12.6. The van der Waals surface area contributed by atoms with E-state index in [4.69, 9.17) is 8.83 Å². The number of rotatable bonds is 5. The number of aryl methyl sites for hydroxylation is 1. The lowest BCUT2D eigenvalue weighted by molar-refractivity contribution is -0.112. The van der Waals surface area contributed by atoms with E-state index < -0.39 is 11.5 Å². The lowest BCUT2D eigenvalue weighted by Crippen LogP contribution is -2.21. The van der Waals surface area contributed by atoms with Crippen LogP contribution < -0.4 is 5.32 Å². The predicted octanol–water partition coefficient (Wildman–Crippen LogP) is 4.08. The third kappa shape index (κ3) is 4.00. The number of benzene rings is 1. The van der Waals surface area contributed by atoms with Crippen LogP contribution in [0, 0.1) is 12.8 Å². The van der Waals surface area contributed by atoms with Gasteiger partial charge >= 0.3 is 0 Å². The number of nitrogens with zero attached hydrogens (tertiary/aromatic N) is 2. The first-order valence-corrected chi connectivity index (χ1v) is 10.1. The quantitative estimate of drug-likeness (QED) is 0.607. The molecule has 30 heavy (non-hydrogen) atoms. The molecule has 0 saturated heterocycles. The largest absolute Gasteiger partial charge is 0.448 e. The van der Waals surface area contributed by atoms with Gasteiger partial charge in [-0.25, -0.2) is 9.97 Å². The Morgan fingerprint density at radius 3 is 2.57 bits per heavy atom. The minimum absolute atomic E-state index is 0.120. The SMILES string of the molecule is Cc1nc(C(=O)Nc2cc3oc(C4CCC(C=O)CC4)nc3cc2C(C)(C)O)co1. The first-order valence-electron chi connectivity index (χ1n) is 10.1. The van der Waals surface area contributed by atoms with Crippen LogP contribution in [-0.2, 0) is 10.4 Å². The Morgan fingerprint density at radius 2 is 1.97 bits per heavy atom. The second-order valence-electron chi connectivity index (χ2n) is 8.43. The number of hydrogen-bond donors (Lipinski definition) is 2. The van der Waals surface area contributed by atoms with E-state index in [-0.39, 0.29) is 17.5 Å². The van der Waals surface area contributed by atoms with E-state index in [1.165, 1.54) is 6.26 Å². The molecule has 0 radical (unpaired) electrons. The number of carbonyl (C=O) groups excluding carboxylic acids is 2. The maximum atomic E-state index is 12.6. The molecular formula is C22H25N3O5. The summed E-state index contributed by atoms with van der Waals surface area (Å²) in [5.74, 6) is 0.863. The Labute approximate surface area is 173 Å². The molecule has 2 N–H and O–H groups in total. The summed E-state index contributed by atoms with van der Waals surface area (Å²) in [7, 11) is 0. The molecule has 1 aliphatic carbocycles. The van der Waals surface area contributed by atoms with E-state index in [1.807, 2.05) is 0 Å². The lowest BCUT2D eigenvalue weighted by Gasteiger charge is -2.22. The van der Waals surface area contributed by atoms with Gasteiger partial charge in [0.15, 0.2) is 23.1 Å². The molecule has 0 unspecified atom stereocenters.